The van der Waals surface area contributed by atoms with Crippen LogP contribution < -0.4 is 11.1 Å². The number of fused-ring (bicyclic) bond motifs is 1. The minimum Gasteiger partial charge on any atom is -0.339 e. The summed E-state index contributed by atoms with van der Waals surface area (Å²) in [5.41, 5.74) is 11.9. The molecule has 2 unspecified atom stereocenters. The fourth-order valence-corrected chi connectivity index (χ4v) is 4.84. The molecule has 1 aliphatic carbocycles. The van der Waals surface area contributed by atoms with Crippen LogP contribution in [0.5, 0.6) is 0 Å². The molecule has 2 aliphatic heterocycles. The minimum absolute atomic E-state index is 0.00558. The second-order valence-electron chi connectivity index (χ2n) is 8.98. The van der Waals surface area contributed by atoms with Crippen molar-refractivity contribution in [3.63, 3.8) is 0 Å². The Hall–Kier alpha value is -3.51. The van der Waals surface area contributed by atoms with Crippen molar-refractivity contribution in [2.45, 2.75) is 30.8 Å². The fourth-order valence-electron chi connectivity index (χ4n) is 4.84. The van der Waals surface area contributed by atoms with E-state index in [9.17, 15) is 4.79 Å². The molecule has 6 heteroatoms. The highest BCUT2D eigenvalue weighted by Gasteiger charge is 2.35. The van der Waals surface area contributed by atoms with E-state index in [2.05, 4.69) is 58.9 Å². The quantitative estimate of drug-likeness (QED) is 0.534. The molecule has 5 rings (SSSR count). The van der Waals surface area contributed by atoms with Crippen LogP contribution in [0, 0.1) is 5.92 Å². The van der Waals surface area contributed by atoms with Crippen LogP contribution in [0.1, 0.15) is 36.0 Å². The summed E-state index contributed by atoms with van der Waals surface area (Å²) in [7, 11) is 1.98. The number of nitrogens with two attached hydrogens (primary N) is 1. The van der Waals surface area contributed by atoms with Crippen molar-refractivity contribution in [3.8, 4) is 0 Å². The first-order valence-electron chi connectivity index (χ1n) is 11.5. The number of hydrogen-bond acceptors (Lipinski definition) is 4. The Bertz CT molecular complexity index is 1140. The number of rotatable bonds is 6. The van der Waals surface area contributed by atoms with Crippen molar-refractivity contribution in [2.75, 3.05) is 13.7 Å². The van der Waals surface area contributed by atoms with Gasteiger partial charge in [0.15, 0.2) is 0 Å². The van der Waals surface area contributed by atoms with Gasteiger partial charge in [-0.05, 0) is 36.5 Å². The Morgan fingerprint density at radius 2 is 1.91 bits per heavy atom. The standard InChI is InChI=1S/C27H29N5O/c1-32-15-12-24-23(26(32)30-17-29-18-33)16-22(19-6-3-2-4-7-19)25(31-24)20-8-10-21(11-9-20)27(28)13-5-14-27/h2-4,6-12,15-16,18,23-24H,5,13-14,17,28H2,1H3,(H,29,33)/b30-26-. The van der Waals surface area contributed by atoms with Gasteiger partial charge in [0.05, 0.1) is 17.7 Å². The average Bonchev–Trinajstić information content (AvgIpc) is 2.84. The zero-order valence-electron chi connectivity index (χ0n) is 18.8. The van der Waals surface area contributed by atoms with E-state index >= 15 is 0 Å². The van der Waals surface area contributed by atoms with Gasteiger partial charge in [0.1, 0.15) is 12.5 Å². The molecule has 1 amide bonds. The van der Waals surface area contributed by atoms with Crippen LogP contribution in [0.3, 0.4) is 0 Å². The maximum atomic E-state index is 10.7. The van der Waals surface area contributed by atoms with Crippen LogP contribution in [0.2, 0.25) is 0 Å². The topological polar surface area (TPSA) is 83.1 Å². The highest BCUT2D eigenvalue weighted by atomic mass is 16.1. The van der Waals surface area contributed by atoms with E-state index in [1.807, 2.05) is 36.3 Å². The van der Waals surface area contributed by atoms with E-state index in [0.29, 0.717) is 6.41 Å². The summed E-state index contributed by atoms with van der Waals surface area (Å²) < 4.78 is 0. The molecule has 0 aromatic heterocycles. The van der Waals surface area contributed by atoms with Crippen molar-refractivity contribution in [2.24, 2.45) is 21.6 Å². The molecule has 2 heterocycles. The highest BCUT2D eigenvalue weighted by Crippen LogP contribution is 2.39. The van der Waals surface area contributed by atoms with E-state index in [-0.39, 0.29) is 24.2 Å². The molecule has 33 heavy (non-hydrogen) atoms. The summed E-state index contributed by atoms with van der Waals surface area (Å²) in [4.78, 5) is 22.6. The number of allylic oxidation sites excluding steroid dienone is 1. The molecule has 3 N–H and O–H groups in total. The normalized spacial score (nSPS) is 24.4. The fraction of sp³-hybridized carbons (Fsp3) is 0.296. The van der Waals surface area contributed by atoms with Crippen molar-refractivity contribution in [3.05, 3.63) is 89.6 Å². The van der Waals surface area contributed by atoms with Gasteiger partial charge in [-0.2, -0.15) is 0 Å². The summed E-state index contributed by atoms with van der Waals surface area (Å²) in [6, 6.07) is 18.9. The lowest BCUT2D eigenvalue weighted by molar-refractivity contribution is -0.109. The molecule has 1 fully saturated rings. The van der Waals surface area contributed by atoms with Crippen molar-refractivity contribution >= 4 is 23.5 Å². The first-order valence-corrected chi connectivity index (χ1v) is 11.5. The number of amides is 1. The Kier molecular flexibility index (Phi) is 5.68. The number of benzene rings is 2. The van der Waals surface area contributed by atoms with Gasteiger partial charge in [0, 0.05) is 29.9 Å². The molecule has 0 saturated heterocycles. The molecule has 6 nitrogen and oxygen atoms in total. The van der Waals surface area contributed by atoms with E-state index in [0.717, 1.165) is 41.1 Å². The first kappa shape index (κ1) is 21.3. The van der Waals surface area contributed by atoms with Gasteiger partial charge in [-0.3, -0.25) is 14.8 Å². The van der Waals surface area contributed by atoms with Crippen LogP contribution >= 0.6 is 0 Å². The first-order chi connectivity index (χ1) is 16.1. The number of carbonyl (C=O) groups excluding carboxylic acids is 1. The van der Waals surface area contributed by atoms with Crippen LogP contribution in [0.15, 0.2) is 82.9 Å². The molecule has 0 spiro atoms. The van der Waals surface area contributed by atoms with E-state index < -0.39 is 0 Å². The molecular formula is C27H29N5O. The Labute approximate surface area is 194 Å². The second kappa shape index (κ2) is 8.79. The smallest absolute Gasteiger partial charge is 0.208 e. The van der Waals surface area contributed by atoms with Crippen molar-refractivity contribution < 1.29 is 4.79 Å². The van der Waals surface area contributed by atoms with E-state index in [4.69, 9.17) is 10.7 Å². The van der Waals surface area contributed by atoms with E-state index in [1.54, 1.807) is 0 Å². The van der Waals surface area contributed by atoms with Gasteiger partial charge in [-0.15, -0.1) is 0 Å². The molecule has 3 aliphatic rings. The lowest BCUT2D eigenvalue weighted by Gasteiger charge is -2.38. The molecule has 168 valence electrons. The SMILES string of the molecule is CN1C=CC2N=C(c3ccc(C4(N)CCC4)cc3)C(c3ccccc3)=CC2/C1=N/CNC=O. The summed E-state index contributed by atoms with van der Waals surface area (Å²) in [5.74, 6) is 0.882. The van der Waals surface area contributed by atoms with Crippen LogP contribution in [0.4, 0.5) is 0 Å². The number of carbonyl (C=O) groups is 1. The van der Waals surface area contributed by atoms with E-state index in [1.165, 1.54) is 12.0 Å². The number of amidine groups is 1. The third kappa shape index (κ3) is 4.02. The van der Waals surface area contributed by atoms with Crippen molar-refractivity contribution in [1.29, 1.82) is 0 Å². The molecule has 1 saturated carbocycles. The number of dihydropyridines is 1. The average molecular weight is 440 g/mol. The molecule has 0 radical (unpaired) electrons. The van der Waals surface area contributed by atoms with Crippen molar-refractivity contribution in [1.82, 2.24) is 10.2 Å². The molecular weight excluding hydrogens is 410 g/mol. The summed E-state index contributed by atoms with van der Waals surface area (Å²) >= 11 is 0. The Morgan fingerprint density at radius 3 is 2.58 bits per heavy atom. The zero-order chi connectivity index (χ0) is 22.8. The predicted molar refractivity (Wildman–Crippen MR) is 133 cm³/mol. The molecule has 2 aromatic carbocycles. The lowest BCUT2D eigenvalue weighted by Crippen LogP contribution is -2.43. The van der Waals surface area contributed by atoms with Crippen LogP contribution in [0.25, 0.3) is 5.57 Å². The maximum absolute atomic E-state index is 10.7. The van der Waals surface area contributed by atoms with Gasteiger partial charge in [0.2, 0.25) is 6.41 Å². The van der Waals surface area contributed by atoms with Gasteiger partial charge in [-0.25, -0.2) is 0 Å². The van der Waals surface area contributed by atoms with Crippen LogP contribution in [-0.2, 0) is 10.3 Å². The summed E-state index contributed by atoms with van der Waals surface area (Å²) in [6.07, 6.45) is 10.3. The molecule has 2 aromatic rings. The summed E-state index contributed by atoms with van der Waals surface area (Å²) in [6.45, 7) is 0.244. The van der Waals surface area contributed by atoms with Crippen LogP contribution in [-0.4, -0.2) is 42.6 Å². The lowest BCUT2D eigenvalue weighted by atomic mass is 9.72. The number of aliphatic imine (C=N–C) groups is 2. The second-order valence-corrected chi connectivity index (χ2v) is 8.98. The third-order valence-electron chi connectivity index (χ3n) is 6.89. The maximum Gasteiger partial charge on any atom is 0.208 e. The Morgan fingerprint density at radius 1 is 1.15 bits per heavy atom. The van der Waals surface area contributed by atoms with Gasteiger partial charge < -0.3 is 16.0 Å². The highest BCUT2D eigenvalue weighted by molar-refractivity contribution is 6.32. The minimum atomic E-state index is -0.173. The predicted octanol–water partition coefficient (Wildman–Crippen LogP) is 3.46. The monoisotopic (exact) mass is 439 g/mol. The zero-order valence-corrected chi connectivity index (χ0v) is 18.8. The van der Waals surface area contributed by atoms with Gasteiger partial charge in [0.25, 0.3) is 0 Å². The third-order valence-corrected chi connectivity index (χ3v) is 6.89. The van der Waals surface area contributed by atoms with Gasteiger partial charge in [-0.1, -0.05) is 60.7 Å². The molecule has 2 atom stereocenters. The number of hydrogen-bond donors (Lipinski definition) is 2. The number of nitrogens with one attached hydrogen (secondary N) is 1. The number of nitrogens with zero attached hydrogens (tertiary/aromatic N) is 3. The largest absolute Gasteiger partial charge is 0.339 e. The Balaban J connectivity index is 1.55. The molecule has 0 bridgehead atoms. The summed E-state index contributed by atoms with van der Waals surface area (Å²) in [5, 5.41) is 2.63. The van der Waals surface area contributed by atoms with Gasteiger partial charge >= 0.3 is 0 Å².